The quantitative estimate of drug-likeness (QED) is 0.384. The maximum Gasteiger partial charge on any atom is 0.387 e. The van der Waals surface area contributed by atoms with Gasteiger partial charge in [0.1, 0.15) is 0 Å². The largest absolute Gasteiger partial charge is 0.493 e. The van der Waals surface area contributed by atoms with Crippen LogP contribution in [0.1, 0.15) is 18.1 Å². The summed E-state index contributed by atoms with van der Waals surface area (Å²) >= 11 is 3.43. The van der Waals surface area contributed by atoms with Crippen molar-refractivity contribution in [1.29, 1.82) is 0 Å². The molecule has 2 aromatic rings. The van der Waals surface area contributed by atoms with Crippen LogP contribution in [-0.2, 0) is 9.53 Å². The normalized spacial score (nSPS) is 14.5. The lowest BCUT2D eigenvalue weighted by Crippen LogP contribution is -2.07. The third-order valence-electron chi connectivity index (χ3n) is 4.09. The Morgan fingerprint density at radius 1 is 1.13 bits per heavy atom. The van der Waals surface area contributed by atoms with E-state index in [-0.39, 0.29) is 23.1 Å². The Balaban J connectivity index is 1.93. The molecule has 0 atom stereocenters. The standard InChI is InChI=1S/C21H18BrF2NO6/c1-4-29-18-13(22)7-11(9-17(18)28-3)8-14-20(26)31-19(25-14)12-5-6-15(30-21(23)24)16(10-12)27-2/h5-10,21H,4H2,1-3H3/b14-8-. The van der Waals surface area contributed by atoms with Gasteiger partial charge in [-0.3, -0.25) is 0 Å². The van der Waals surface area contributed by atoms with E-state index < -0.39 is 12.6 Å². The molecule has 10 heteroatoms. The number of alkyl halides is 2. The molecule has 1 aliphatic heterocycles. The molecule has 0 N–H and O–H groups in total. The fourth-order valence-electron chi connectivity index (χ4n) is 2.79. The molecule has 7 nitrogen and oxygen atoms in total. The van der Waals surface area contributed by atoms with E-state index in [0.29, 0.717) is 33.7 Å². The van der Waals surface area contributed by atoms with Crippen molar-refractivity contribution in [3.8, 4) is 23.0 Å². The Bertz CT molecular complexity index is 1050. The Labute approximate surface area is 185 Å². The highest BCUT2D eigenvalue weighted by Crippen LogP contribution is 2.37. The van der Waals surface area contributed by atoms with Gasteiger partial charge in [-0.2, -0.15) is 8.78 Å². The number of methoxy groups -OCH3 is 2. The summed E-state index contributed by atoms with van der Waals surface area (Å²) < 4.78 is 51.2. The zero-order valence-electron chi connectivity index (χ0n) is 16.8. The van der Waals surface area contributed by atoms with Crippen LogP contribution in [0.4, 0.5) is 8.78 Å². The van der Waals surface area contributed by atoms with Gasteiger partial charge < -0.3 is 23.7 Å². The fourth-order valence-corrected chi connectivity index (χ4v) is 3.37. The third-order valence-corrected chi connectivity index (χ3v) is 4.68. The highest BCUT2D eigenvalue weighted by atomic mass is 79.9. The smallest absolute Gasteiger partial charge is 0.387 e. The lowest BCUT2D eigenvalue weighted by Gasteiger charge is -2.12. The Hall–Kier alpha value is -3.14. The SMILES string of the molecule is CCOc1c(Br)cc(/C=C2\N=C(c3ccc(OC(F)F)c(OC)c3)OC2=O)cc1OC. The van der Waals surface area contributed by atoms with Crippen molar-refractivity contribution in [1.82, 2.24) is 0 Å². The molecule has 0 aliphatic carbocycles. The molecule has 1 heterocycles. The summed E-state index contributed by atoms with van der Waals surface area (Å²) in [5, 5.41) is 0. The van der Waals surface area contributed by atoms with Crippen molar-refractivity contribution in [2.75, 3.05) is 20.8 Å². The van der Waals surface area contributed by atoms with E-state index in [1.807, 2.05) is 6.92 Å². The van der Waals surface area contributed by atoms with Crippen LogP contribution in [-0.4, -0.2) is 39.3 Å². The Morgan fingerprint density at radius 2 is 1.87 bits per heavy atom. The first-order valence-corrected chi connectivity index (χ1v) is 9.81. The van der Waals surface area contributed by atoms with Crippen LogP contribution in [0.15, 0.2) is 45.5 Å². The van der Waals surface area contributed by atoms with Gasteiger partial charge in [-0.25, -0.2) is 9.79 Å². The van der Waals surface area contributed by atoms with E-state index in [1.165, 1.54) is 38.5 Å². The molecule has 0 bridgehead atoms. The second-order valence-electron chi connectivity index (χ2n) is 6.05. The highest BCUT2D eigenvalue weighted by molar-refractivity contribution is 9.10. The maximum absolute atomic E-state index is 12.5. The average molecular weight is 498 g/mol. The number of nitrogens with zero attached hydrogens (tertiary/aromatic N) is 1. The van der Waals surface area contributed by atoms with E-state index in [2.05, 4.69) is 25.7 Å². The van der Waals surface area contributed by atoms with Crippen LogP contribution >= 0.6 is 15.9 Å². The summed E-state index contributed by atoms with van der Waals surface area (Å²) in [7, 11) is 2.82. The summed E-state index contributed by atoms with van der Waals surface area (Å²) in [6.07, 6.45) is 1.53. The van der Waals surface area contributed by atoms with E-state index in [4.69, 9.17) is 18.9 Å². The minimum Gasteiger partial charge on any atom is -0.493 e. The number of hydrogen-bond donors (Lipinski definition) is 0. The summed E-state index contributed by atoms with van der Waals surface area (Å²) in [5.74, 6) is 0.282. The number of ether oxygens (including phenoxy) is 5. The molecule has 0 amide bonds. The molecule has 2 aromatic carbocycles. The zero-order valence-corrected chi connectivity index (χ0v) is 18.4. The van der Waals surface area contributed by atoms with Crippen molar-refractivity contribution >= 4 is 33.9 Å². The molecular formula is C21H18BrF2NO6. The topological polar surface area (TPSA) is 75.6 Å². The van der Waals surface area contributed by atoms with Gasteiger partial charge >= 0.3 is 12.6 Å². The van der Waals surface area contributed by atoms with Gasteiger partial charge in [0.2, 0.25) is 5.90 Å². The number of carbonyl (C=O) groups excluding carboxylic acids is 1. The van der Waals surface area contributed by atoms with Crippen LogP contribution in [0.5, 0.6) is 23.0 Å². The minimum absolute atomic E-state index is 0.00936. The van der Waals surface area contributed by atoms with E-state index in [1.54, 1.807) is 12.1 Å². The van der Waals surface area contributed by atoms with Gasteiger partial charge in [-0.1, -0.05) is 0 Å². The van der Waals surface area contributed by atoms with Crippen LogP contribution in [0, 0.1) is 0 Å². The van der Waals surface area contributed by atoms with E-state index >= 15 is 0 Å². The number of benzene rings is 2. The molecule has 0 aromatic heterocycles. The first kappa shape index (κ1) is 22.5. The molecule has 0 saturated heterocycles. The molecule has 0 unspecified atom stereocenters. The molecule has 0 fully saturated rings. The summed E-state index contributed by atoms with van der Waals surface area (Å²) in [6.45, 7) is -0.686. The molecule has 31 heavy (non-hydrogen) atoms. The van der Waals surface area contributed by atoms with E-state index in [9.17, 15) is 13.6 Å². The predicted octanol–water partition coefficient (Wildman–Crippen LogP) is 4.81. The zero-order chi connectivity index (χ0) is 22.5. The van der Waals surface area contributed by atoms with Gasteiger partial charge in [-0.15, -0.1) is 0 Å². The molecule has 1 aliphatic rings. The van der Waals surface area contributed by atoms with Crippen LogP contribution in [0.2, 0.25) is 0 Å². The number of esters is 1. The number of cyclic esters (lactones) is 1. The van der Waals surface area contributed by atoms with Gasteiger partial charge in [0.25, 0.3) is 0 Å². The van der Waals surface area contributed by atoms with Crippen molar-refractivity contribution in [3.63, 3.8) is 0 Å². The maximum atomic E-state index is 12.5. The lowest BCUT2D eigenvalue weighted by atomic mass is 10.1. The first-order chi connectivity index (χ1) is 14.9. The van der Waals surface area contributed by atoms with Crippen molar-refractivity contribution < 1.29 is 37.3 Å². The molecular weight excluding hydrogens is 480 g/mol. The van der Waals surface area contributed by atoms with Crippen molar-refractivity contribution in [2.45, 2.75) is 13.5 Å². The highest BCUT2D eigenvalue weighted by Gasteiger charge is 2.25. The lowest BCUT2D eigenvalue weighted by molar-refractivity contribution is -0.129. The monoisotopic (exact) mass is 497 g/mol. The summed E-state index contributed by atoms with van der Waals surface area (Å²) in [5.41, 5.74) is 1.04. The number of hydrogen-bond acceptors (Lipinski definition) is 7. The predicted molar refractivity (Wildman–Crippen MR) is 112 cm³/mol. The summed E-state index contributed by atoms with van der Waals surface area (Å²) in [4.78, 5) is 16.5. The number of rotatable bonds is 8. The van der Waals surface area contributed by atoms with Gasteiger partial charge in [0.15, 0.2) is 28.7 Å². The van der Waals surface area contributed by atoms with Crippen LogP contribution in [0.25, 0.3) is 6.08 Å². The molecule has 164 valence electrons. The first-order valence-electron chi connectivity index (χ1n) is 9.02. The number of carbonyl (C=O) groups is 1. The van der Waals surface area contributed by atoms with E-state index in [0.717, 1.165) is 0 Å². The molecule has 3 rings (SSSR count). The summed E-state index contributed by atoms with van der Waals surface area (Å²) in [6, 6.07) is 7.56. The minimum atomic E-state index is -3.00. The fraction of sp³-hybridized carbons (Fsp3) is 0.238. The second-order valence-corrected chi connectivity index (χ2v) is 6.90. The van der Waals surface area contributed by atoms with Crippen LogP contribution in [0.3, 0.4) is 0 Å². The van der Waals surface area contributed by atoms with Gasteiger partial charge in [-0.05, 0) is 64.8 Å². The average Bonchev–Trinajstić information content (AvgIpc) is 3.09. The molecule has 0 radical (unpaired) electrons. The second kappa shape index (κ2) is 9.78. The van der Waals surface area contributed by atoms with Crippen molar-refractivity contribution in [3.05, 3.63) is 51.6 Å². The van der Waals surface area contributed by atoms with Gasteiger partial charge in [0, 0.05) is 5.56 Å². The Kier molecular flexibility index (Phi) is 7.11. The molecule has 0 spiro atoms. The van der Waals surface area contributed by atoms with Gasteiger partial charge in [0.05, 0.1) is 25.3 Å². The van der Waals surface area contributed by atoms with Crippen LogP contribution < -0.4 is 18.9 Å². The third kappa shape index (κ3) is 5.13. The molecule has 0 saturated carbocycles. The number of halogens is 3. The van der Waals surface area contributed by atoms with Crippen molar-refractivity contribution in [2.24, 2.45) is 4.99 Å². The Morgan fingerprint density at radius 3 is 2.52 bits per heavy atom. The number of aliphatic imine (C=N–C) groups is 1.